The third-order valence-corrected chi connectivity index (χ3v) is 5.59. The Labute approximate surface area is 201 Å². The fourth-order valence-electron chi connectivity index (χ4n) is 3.66. The van der Waals surface area contributed by atoms with Crippen molar-refractivity contribution in [2.24, 2.45) is 0 Å². The second-order valence-corrected chi connectivity index (χ2v) is 7.97. The van der Waals surface area contributed by atoms with Crippen molar-refractivity contribution in [2.45, 2.75) is 20.8 Å². The summed E-state index contributed by atoms with van der Waals surface area (Å²) in [7, 11) is 1.56. The number of hydrogen-bond donors (Lipinski definition) is 1. The molecule has 0 bridgehead atoms. The smallest absolute Gasteiger partial charge is 0.291 e. The summed E-state index contributed by atoms with van der Waals surface area (Å²) in [6.45, 7) is 5.74. The van der Waals surface area contributed by atoms with E-state index in [0.717, 1.165) is 16.8 Å². The number of nitrogens with zero attached hydrogens (tertiary/aromatic N) is 4. The standard InChI is InChI=1S/C26H23N5O4/c1-15-16(2)31(14-27-15)23-13-24(29-17(3)28-23)34-20-10-8-19(9-11-20)30-26(32)22-12-18-6-5-7-21(33-4)25(18)35-22/h5-14H,1-4H3,(H,30,32). The number of amides is 1. The van der Waals surface area contributed by atoms with Gasteiger partial charge in [0.15, 0.2) is 17.1 Å². The number of anilines is 1. The summed E-state index contributed by atoms with van der Waals surface area (Å²) in [6, 6.07) is 15.9. The molecule has 0 aliphatic heterocycles. The number of benzene rings is 2. The molecule has 0 radical (unpaired) electrons. The number of methoxy groups -OCH3 is 1. The number of rotatable bonds is 6. The Morgan fingerprint density at radius 2 is 1.83 bits per heavy atom. The molecule has 1 amide bonds. The van der Waals surface area contributed by atoms with E-state index in [2.05, 4.69) is 20.3 Å². The molecular formula is C26H23N5O4. The van der Waals surface area contributed by atoms with Crippen LogP contribution in [0.4, 0.5) is 5.69 Å². The van der Waals surface area contributed by atoms with E-state index >= 15 is 0 Å². The van der Waals surface area contributed by atoms with Gasteiger partial charge in [-0.05, 0) is 57.2 Å². The maximum absolute atomic E-state index is 12.7. The lowest BCUT2D eigenvalue weighted by Crippen LogP contribution is -2.10. The number of imidazole rings is 1. The Hall–Kier alpha value is -4.66. The van der Waals surface area contributed by atoms with Crippen LogP contribution in [0.15, 0.2) is 65.3 Å². The van der Waals surface area contributed by atoms with Gasteiger partial charge in [-0.3, -0.25) is 9.36 Å². The molecule has 0 spiro atoms. The zero-order valence-electron chi connectivity index (χ0n) is 19.7. The number of ether oxygens (including phenoxy) is 2. The van der Waals surface area contributed by atoms with Gasteiger partial charge in [0.2, 0.25) is 5.88 Å². The van der Waals surface area contributed by atoms with Crippen LogP contribution >= 0.6 is 0 Å². The van der Waals surface area contributed by atoms with E-state index < -0.39 is 0 Å². The molecule has 1 N–H and O–H groups in total. The lowest BCUT2D eigenvalue weighted by Gasteiger charge is -2.10. The topological polar surface area (TPSA) is 104 Å². The van der Waals surface area contributed by atoms with Crippen molar-refractivity contribution < 1.29 is 18.7 Å². The van der Waals surface area contributed by atoms with Crippen molar-refractivity contribution in [3.8, 4) is 23.2 Å². The summed E-state index contributed by atoms with van der Waals surface area (Å²) in [6.07, 6.45) is 1.73. The third-order valence-electron chi connectivity index (χ3n) is 5.59. The first-order valence-corrected chi connectivity index (χ1v) is 10.9. The highest BCUT2D eigenvalue weighted by Gasteiger charge is 2.15. The molecule has 0 aliphatic carbocycles. The Bertz CT molecular complexity index is 1540. The van der Waals surface area contributed by atoms with E-state index in [1.807, 2.05) is 37.5 Å². The summed E-state index contributed by atoms with van der Waals surface area (Å²) in [5.74, 6) is 2.64. The Kier molecular flexibility index (Phi) is 5.66. The lowest BCUT2D eigenvalue weighted by molar-refractivity contribution is 0.0998. The van der Waals surface area contributed by atoms with Crippen LogP contribution in [0.2, 0.25) is 0 Å². The highest BCUT2D eigenvalue weighted by molar-refractivity contribution is 6.05. The molecule has 0 saturated heterocycles. The molecule has 0 unspecified atom stereocenters. The molecule has 9 nitrogen and oxygen atoms in total. The summed E-state index contributed by atoms with van der Waals surface area (Å²) >= 11 is 0. The number of furan rings is 1. The molecule has 5 aromatic rings. The van der Waals surface area contributed by atoms with Gasteiger partial charge in [0.05, 0.1) is 12.8 Å². The van der Waals surface area contributed by atoms with Gasteiger partial charge in [0.25, 0.3) is 5.91 Å². The average molecular weight is 470 g/mol. The average Bonchev–Trinajstić information content (AvgIpc) is 3.43. The van der Waals surface area contributed by atoms with Crippen LogP contribution in [0.1, 0.15) is 27.8 Å². The van der Waals surface area contributed by atoms with Crippen LogP contribution in [0.3, 0.4) is 0 Å². The number of hydrogen-bond acceptors (Lipinski definition) is 7. The molecule has 0 atom stereocenters. The molecule has 9 heteroatoms. The fraction of sp³-hybridized carbons (Fsp3) is 0.154. The Balaban J connectivity index is 1.31. The van der Waals surface area contributed by atoms with Gasteiger partial charge in [-0.2, -0.15) is 4.98 Å². The minimum Gasteiger partial charge on any atom is -0.493 e. The van der Waals surface area contributed by atoms with Crippen molar-refractivity contribution in [3.05, 3.63) is 83.9 Å². The normalized spacial score (nSPS) is 11.0. The number of aromatic nitrogens is 4. The lowest BCUT2D eigenvalue weighted by atomic mass is 10.2. The van der Waals surface area contributed by atoms with Crippen molar-refractivity contribution in [3.63, 3.8) is 0 Å². The number of fused-ring (bicyclic) bond motifs is 1. The Morgan fingerprint density at radius 1 is 1.03 bits per heavy atom. The van der Waals surface area contributed by atoms with Crippen molar-refractivity contribution >= 4 is 22.6 Å². The van der Waals surface area contributed by atoms with Gasteiger partial charge >= 0.3 is 0 Å². The van der Waals surface area contributed by atoms with Crippen LogP contribution in [-0.4, -0.2) is 32.5 Å². The number of nitrogens with one attached hydrogen (secondary N) is 1. The van der Waals surface area contributed by atoms with Gasteiger partial charge in [-0.25, -0.2) is 9.97 Å². The highest BCUT2D eigenvalue weighted by atomic mass is 16.5. The zero-order valence-corrected chi connectivity index (χ0v) is 19.7. The number of carbonyl (C=O) groups excluding carboxylic acids is 1. The van der Waals surface area contributed by atoms with E-state index in [4.69, 9.17) is 13.9 Å². The summed E-state index contributed by atoms with van der Waals surface area (Å²) < 4.78 is 18.8. The summed E-state index contributed by atoms with van der Waals surface area (Å²) in [5, 5.41) is 3.62. The van der Waals surface area contributed by atoms with Gasteiger partial charge in [0.1, 0.15) is 23.7 Å². The molecule has 35 heavy (non-hydrogen) atoms. The Morgan fingerprint density at radius 3 is 2.54 bits per heavy atom. The number of carbonyl (C=O) groups is 1. The first-order valence-electron chi connectivity index (χ1n) is 10.9. The quantitative estimate of drug-likeness (QED) is 0.356. The maximum Gasteiger partial charge on any atom is 0.291 e. The van der Waals surface area contributed by atoms with E-state index in [1.54, 1.807) is 55.9 Å². The van der Waals surface area contributed by atoms with Crippen LogP contribution in [0.5, 0.6) is 17.4 Å². The van der Waals surface area contributed by atoms with Crippen molar-refractivity contribution in [1.82, 2.24) is 19.5 Å². The molecule has 0 aliphatic rings. The molecular weight excluding hydrogens is 446 g/mol. The monoisotopic (exact) mass is 469 g/mol. The predicted octanol–water partition coefficient (Wildman–Crippen LogP) is 5.39. The molecule has 3 aromatic heterocycles. The number of para-hydroxylation sites is 1. The van der Waals surface area contributed by atoms with E-state index in [0.29, 0.717) is 40.3 Å². The molecule has 0 fully saturated rings. The molecule has 3 heterocycles. The first kappa shape index (κ1) is 22.1. The van der Waals surface area contributed by atoms with Crippen LogP contribution in [0, 0.1) is 20.8 Å². The SMILES string of the molecule is COc1cccc2cc(C(=O)Nc3ccc(Oc4cc(-n5cnc(C)c5C)nc(C)n4)cc3)oc12. The van der Waals surface area contributed by atoms with E-state index in [9.17, 15) is 4.79 Å². The second-order valence-electron chi connectivity index (χ2n) is 7.97. The minimum absolute atomic E-state index is 0.193. The maximum atomic E-state index is 12.7. The van der Waals surface area contributed by atoms with Gasteiger partial charge in [-0.1, -0.05) is 12.1 Å². The van der Waals surface area contributed by atoms with Gasteiger partial charge in [-0.15, -0.1) is 0 Å². The molecule has 176 valence electrons. The van der Waals surface area contributed by atoms with Crippen LogP contribution in [0.25, 0.3) is 16.8 Å². The predicted molar refractivity (Wildman–Crippen MR) is 131 cm³/mol. The molecule has 2 aromatic carbocycles. The zero-order chi connectivity index (χ0) is 24.5. The van der Waals surface area contributed by atoms with Crippen molar-refractivity contribution in [1.29, 1.82) is 0 Å². The fourth-order valence-corrected chi connectivity index (χ4v) is 3.66. The summed E-state index contributed by atoms with van der Waals surface area (Å²) in [5.41, 5.74) is 3.06. The van der Waals surface area contributed by atoms with Crippen LogP contribution < -0.4 is 14.8 Å². The van der Waals surface area contributed by atoms with E-state index in [-0.39, 0.29) is 11.7 Å². The number of aryl methyl sites for hydroxylation is 2. The first-order chi connectivity index (χ1) is 16.9. The van der Waals surface area contributed by atoms with Crippen molar-refractivity contribution in [2.75, 3.05) is 12.4 Å². The highest BCUT2D eigenvalue weighted by Crippen LogP contribution is 2.29. The van der Waals surface area contributed by atoms with Gasteiger partial charge in [0, 0.05) is 22.8 Å². The third kappa shape index (κ3) is 4.43. The second kappa shape index (κ2) is 8.94. The molecule has 5 rings (SSSR count). The van der Waals surface area contributed by atoms with E-state index in [1.165, 1.54) is 0 Å². The van der Waals surface area contributed by atoms with Gasteiger partial charge < -0.3 is 19.2 Å². The minimum atomic E-state index is -0.362. The summed E-state index contributed by atoms with van der Waals surface area (Å²) in [4.78, 5) is 25.9. The largest absolute Gasteiger partial charge is 0.493 e. The molecule has 0 saturated carbocycles. The van der Waals surface area contributed by atoms with Crippen LogP contribution in [-0.2, 0) is 0 Å².